The summed E-state index contributed by atoms with van der Waals surface area (Å²) in [6.45, 7) is 16.8. The second-order valence-corrected chi connectivity index (χ2v) is 16.6. The zero-order valence-corrected chi connectivity index (χ0v) is 19.2. The fourth-order valence-electron chi connectivity index (χ4n) is 4.74. The Hall–Kier alpha value is 0.274. The highest BCUT2D eigenvalue weighted by molar-refractivity contribution is 6.85. The van der Waals surface area contributed by atoms with Crippen LogP contribution >= 0.6 is 0 Å². The predicted molar refractivity (Wildman–Crippen MR) is 105 cm³/mol. The van der Waals surface area contributed by atoms with Crippen molar-refractivity contribution < 1.29 is 13.3 Å². The van der Waals surface area contributed by atoms with Gasteiger partial charge in [-0.1, -0.05) is 54.9 Å². The lowest BCUT2D eigenvalue weighted by atomic mass is 10.3. The summed E-state index contributed by atoms with van der Waals surface area (Å²) in [5.41, 5.74) is 2.75. The summed E-state index contributed by atoms with van der Waals surface area (Å²) in [6, 6.07) is 0. The summed E-state index contributed by atoms with van der Waals surface area (Å²) in [4.78, 5) is 0. The van der Waals surface area contributed by atoms with Crippen molar-refractivity contribution in [1.29, 1.82) is 0 Å². The van der Waals surface area contributed by atoms with Gasteiger partial charge >= 0.3 is 8.80 Å². The third-order valence-corrected chi connectivity index (χ3v) is 15.9. The summed E-state index contributed by atoms with van der Waals surface area (Å²) in [6.07, 6.45) is 3.09. The fourth-order valence-corrected chi connectivity index (χ4v) is 14.0. The smallest absolute Gasteiger partial charge is 0.376 e. The maximum Gasteiger partial charge on any atom is 0.514 e. The van der Waals surface area contributed by atoms with Gasteiger partial charge in [0.05, 0.1) is 14.2 Å². The molecule has 0 amide bonds. The molecule has 0 saturated heterocycles. The van der Waals surface area contributed by atoms with E-state index in [9.17, 15) is 0 Å². The lowest BCUT2D eigenvalue weighted by molar-refractivity contribution is 0.121. The lowest BCUT2D eigenvalue weighted by Gasteiger charge is -2.49. The average Bonchev–Trinajstić information content (AvgIpc) is 2.48. The number of hydrogen-bond donors (Lipinski definition) is 1. The molecule has 0 aromatic heterocycles. The molecule has 140 valence electrons. The molecule has 0 bridgehead atoms. The Morgan fingerprint density at radius 3 is 1.43 bits per heavy atom. The molecule has 6 heteroatoms. The van der Waals surface area contributed by atoms with Crippen LogP contribution < -0.4 is 5.32 Å². The maximum atomic E-state index is 5.61. The van der Waals surface area contributed by atoms with Gasteiger partial charge in [0.1, 0.15) is 0 Å². The SMILES string of the molecule is CCCC(NC[Si](OC)(OC)OC)[Si](C(C)C)(C(C)C)C(C)C. The molecule has 4 nitrogen and oxygen atoms in total. The molecule has 0 aliphatic heterocycles. The van der Waals surface area contributed by atoms with Crippen molar-refractivity contribution in [1.82, 2.24) is 5.32 Å². The van der Waals surface area contributed by atoms with E-state index < -0.39 is 16.9 Å². The third kappa shape index (κ3) is 5.12. The van der Waals surface area contributed by atoms with E-state index in [1.165, 1.54) is 12.8 Å². The molecule has 0 spiro atoms. The van der Waals surface area contributed by atoms with Gasteiger partial charge in [-0.2, -0.15) is 0 Å². The third-order valence-electron chi connectivity index (χ3n) is 5.68. The van der Waals surface area contributed by atoms with Crippen LogP contribution in [0.1, 0.15) is 61.3 Å². The van der Waals surface area contributed by atoms with E-state index in [0.717, 1.165) is 16.6 Å². The van der Waals surface area contributed by atoms with Crippen molar-refractivity contribution in [2.75, 3.05) is 27.5 Å². The van der Waals surface area contributed by atoms with Gasteiger partial charge in [-0.25, -0.2) is 0 Å². The molecular weight excluding hydrogens is 322 g/mol. The highest BCUT2D eigenvalue weighted by Gasteiger charge is 2.49. The van der Waals surface area contributed by atoms with Crippen molar-refractivity contribution >= 4 is 16.9 Å². The van der Waals surface area contributed by atoms with E-state index in [2.05, 4.69) is 53.8 Å². The summed E-state index contributed by atoms with van der Waals surface area (Å²) in [7, 11) is 0.912. The number of nitrogens with one attached hydrogen (secondary N) is 1. The van der Waals surface area contributed by atoms with Gasteiger partial charge in [0, 0.05) is 27.0 Å². The zero-order chi connectivity index (χ0) is 18.3. The van der Waals surface area contributed by atoms with Gasteiger partial charge in [0.25, 0.3) is 0 Å². The van der Waals surface area contributed by atoms with Gasteiger partial charge in [0.15, 0.2) is 0 Å². The Morgan fingerprint density at radius 2 is 1.17 bits per heavy atom. The standard InChI is InChI=1S/C17H41NO3Si2/c1-11-12-17(18-13-22(19-8,20-9)21-10)23(14(2)3,15(4)5)16(6)7/h14-18H,11-13H2,1-10H3. The van der Waals surface area contributed by atoms with E-state index in [0.29, 0.717) is 11.8 Å². The highest BCUT2D eigenvalue weighted by atomic mass is 28.4. The Kier molecular flexibility index (Phi) is 10.4. The molecule has 0 rings (SSSR count). The molecule has 1 unspecified atom stereocenters. The molecule has 0 aliphatic carbocycles. The Bertz CT molecular complexity index is 291. The van der Waals surface area contributed by atoms with Crippen LogP contribution in [0.25, 0.3) is 0 Å². The second kappa shape index (κ2) is 10.3. The summed E-state index contributed by atoms with van der Waals surface area (Å²) < 4.78 is 16.8. The van der Waals surface area contributed by atoms with Crippen LogP contribution in [-0.2, 0) is 13.3 Å². The monoisotopic (exact) mass is 363 g/mol. The first-order valence-electron chi connectivity index (χ1n) is 9.07. The van der Waals surface area contributed by atoms with Gasteiger partial charge in [-0.3, -0.25) is 0 Å². The van der Waals surface area contributed by atoms with Gasteiger partial charge < -0.3 is 18.6 Å². The summed E-state index contributed by atoms with van der Waals surface area (Å²) >= 11 is 0. The molecule has 0 fully saturated rings. The minimum atomic E-state index is -2.58. The molecule has 1 N–H and O–H groups in total. The molecule has 0 radical (unpaired) electrons. The highest BCUT2D eigenvalue weighted by Crippen LogP contribution is 2.45. The van der Waals surface area contributed by atoms with Crippen LogP contribution in [-0.4, -0.2) is 50.0 Å². The van der Waals surface area contributed by atoms with Crippen molar-refractivity contribution in [3.8, 4) is 0 Å². The average molecular weight is 364 g/mol. The minimum absolute atomic E-state index is 0.555. The van der Waals surface area contributed by atoms with Crippen LogP contribution in [0.2, 0.25) is 16.6 Å². The van der Waals surface area contributed by atoms with Crippen LogP contribution in [0, 0.1) is 0 Å². The Labute approximate surface area is 147 Å². The largest absolute Gasteiger partial charge is 0.514 e. The van der Waals surface area contributed by atoms with E-state index in [4.69, 9.17) is 13.3 Å². The molecule has 0 aromatic carbocycles. The first-order valence-corrected chi connectivity index (χ1v) is 13.3. The Morgan fingerprint density at radius 1 is 0.783 bits per heavy atom. The van der Waals surface area contributed by atoms with Crippen molar-refractivity contribution in [2.24, 2.45) is 0 Å². The topological polar surface area (TPSA) is 39.7 Å². The van der Waals surface area contributed by atoms with Crippen molar-refractivity contribution in [3.63, 3.8) is 0 Å². The normalized spacial score (nSPS) is 15.0. The minimum Gasteiger partial charge on any atom is -0.376 e. The summed E-state index contributed by atoms with van der Waals surface area (Å²) in [5.74, 6) is 0. The fraction of sp³-hybridized carbons (Fsp3) is 1.00. The van der Waals surface area contributed by atoms with E-state index >= 15 is 0 Å². The first-order chi connectivity index (χ1) is 10.7. The van der Waals surface area contributed by atoms with Crippen LogP contribution in [0.4, 0.5) is 0 Å². The quantitative estimate of drug-likeness (QED) is 0.522. The van der Waals surface area contributed by atoms with Crippen molar-refractivity contribution in [3.05, 3.63) is 0 Å². The van der Waals surface area contributed by atoms with E-state index in [1.807, 2.05) is 0 Å². The molecule has 0 aliphatic rings. The Balaban J connectivity index is 5.56. The number of hydrogen-bond acceptors (Lipinski definition) is 4. The number of rotatable bonds is 12. The van der Waals surface area contributed by atoms with Gasteiger partial charge in [-0.05, 0) is 23.0 Å². The maximum absolute atomic E-state index is 5.61. The van der Waals surface area contributed by atoms with Crippen LogP contribution in [0.3, 0.4) is 0 Å². The molecule has 23 heavy (non-hydrogen) atoms. The van der Waals surface area contributed by atoms with Crippen molar-refractivity contribution in [2.45, 2.75) is 83.6 Å². The van der Waals surface area contributed by atoms with Crippen LogP contribution in [0.5, 0.6) is 0 Å². The zero-order valence-electron chi connectivity index (χ0n) is 17.2. The predicted octanol–water partition coefficient (Wildman–Crippen LogP) is 4.38. The molecule has 0 aromatic rings. The van der Waals surface area contributed by atoms with Gasteiger partial charge in [-0.15, -0.1) is 0 Å². The first kappa shape index (κ1) is 23.3. The van der Waals surface area contributed by atoms with Crippen LogP contribution in [0.15, 0.2) is 0 Å². The van der Waals surface area contributed by atoms with E-state index in [1.54, 1.807) is 21.3 Å². The molecule has 0 heterocycles. The van der Waals surface area contributed by atoms with E-state index in [-0.39, 0.29) is 0 Å². The molecular formula is C17H41NO3Si2. The second-order valence-electron chi connectivity index (χ2n) is 7.48. The summed E-state index contributed by atoms with van der Waals surface area (Å²) in [5, 5.41) is 3.85. The molecule has 1 atom stereocenters. The lowest BCUT2D eigenvalue weighted by Crippen LogP contribution is -2.64. The van der Waals surface area contributed by atoms with Gasteiger partial charge in [0.2, 0.25) is 0 Å². The molecule has 0 saturated carbocycles.